The quantitative estimate of drug-likeness (QED) is 0.266. The fraction of sp³-hybridized carbons (Fsp3) is 0.107. The summed E-state index contributed by atoms with van der Waals surface area (Å²) in [6.45, 7) is 0. The maximum Gasteiger partial charge on any atom is 0.170 e. The van der Waals surface area contributed by atoms with Crippen LogP contribution >= 0.6 is 7.14 Å². The topological polar surface area (TPSA) is 32.7 Å². The first kappa shape index (κ1) is 21.8. The Labute approximate surface area is 190 Å². The summed E-state index contributed by atoms with van der Waals surface area (Å²) >= 11 is 0. The molecule has 4 aromatic carbocycles. The third-order valence-electron chi connectivity index (χ3n) is 5.50. The standard InChI is InChI=1S/C28H27N2OP/c1-30(2)25-20-18-23(19-21-25)22-29-28(24-12-6-3-7-13-24)32(31,26-14-8-4-9-15-26)27-16-10-5-11-17-27/h3-22,28H,1-2H3/b29-22+. The van der Waals surface area contributed by atoms with E-state index in [9.17, 15) is 4.57 Å². The maximum atomic E-state index is 15.0. The van der Waals surface area contributed by atoms with Gasteiger partial charge in [0.1, 0.15) is 5.78 Å². The molecular weight excluding hydrogens is 411 g/mol. The van der Waals surface area contributed by atoms with Gasteiger partial charge < -0.3 is 9.46 Å². The average molecular weight is 439 g/mol. The molecule has 0 fully saturated rings. The summed E-state index contributed by atoms with van der Waals surface area (Å²) in [7, 11) is 0.912. The fourth-order valence-corrected chi connectivity index (χ4v) is 6.70. The summed E-state index contributed by atoms with van der Waals surface area (Å²) in [5, 5.41) is 1.61. The summed E-state index contributed by atoms with van der Waals surface area (Å²) in [5.41, 5.74) is 3.04. The lowest BCUT2D eigenvalue weighted by Crippen LogP contribution is -2.20. The molecule has 4 aromatic rings. The third-order valence-corrected chi connectivity index (χ3v) is 8.75. The molecule has 0 aliphatic carbocycles. The van der Waals surface area contributed by atoms with Crippen LogP contribution < -0.4 is 15.5 Å². The molecule has 1 atom stereocenters. The van der Waals surface area contributed by atoms with Crippen molar-refractivity contribution in [1.82, 2.24) is 0 Å². The Morgan fingerprint density at radius 3 is 1.62 bits per heavy atom. The van der Waals surface area contributed by atoms with Crippen molar-refractivity contribution >= 4 is 29.7 Å². The molecule has 0 saturated carbocycles. The first-order chi connectivity index (χ1) is 15.6. The largest absolute Gasteiger partial charge is 0.378 e. The SMILES string of the molecule is CN(C)c1ccc(/C=N/C(c2ccccc2)P(=O)(c2ccccc2)c2ccccc2)cc1. The number of anilines is 1. The van der Waals surface area contributed by atoms with Crippen LogP contribution in [0.1, 0.15) is 16.9 Å². The molecule has 0 amide bonds. The minimum atomic E-state index is -3.12. The summed E-state index contributed by atoms with van der Waals surface area (Å²) in [4.78, 5) is 7.02. The highest BCUT2D eigenvalue weighted by atomic mass is 31.2. The number of hydrogen-bond donors (Lipinski definition) is 0. The molecule has 1 unspecified atom stereocenters. The van der Waals surface area contributed by atoms with Crippen molar-refractivity contribution in [3.8, 4) is 0 Å². The molecule has 0 heterocycles. The summed E-state index contributed by atoms with van der Waals surface area (Å²) in [5.74, 6) is -0.526. The number of aliphatic imine (C=N–C) groups is 1. The second kappa shape index (κ2) is 9.80. The van der Waals surface area contributed by atoms with Gasteiger partial charge in [0.05, 0.1) is 0 Å². The van der Waals surface area contributed by atoms with Crippen molar-refractivity contribution in [3.05, 3.63) is 126 Å². The second-order valence-electron chi connectivity index (χ2n) is 7.88. The zero-order chi connectivity index (χ0) is 22.4. The minimum absolute atomic E-state index is 0.526. The van der Waals surface area contributed by atoms with Gasteiger partial charge in [0, 0.05) is 36.6 Å². The van der Waals surface area contributed by atoms with Crippen molar-refractivity contribution in [2.75, 3.05) is 19.0 Å². The lowest BCUT2D eigenvalue weighted by Gasteiger charge is -2.26. The van der Waals surface area contributed by atoms with Crippen LogP contribution in [0.3, 0.4) is 0 Å². The zero-order valence-corrected chi connectivity index (χ0v) is 19.3. The van der Waals surface area contributed by atoms with Crippen LogP contribution in [-0.4, -0.2) is 20.3 Å². The normalized spacial score (nSPS) is 12.6. The Morgan fingerprint density at radius 1 is 0.688 bits per heavy atom. The van der Waals surface area contributed by atoms with Crippen molar-refractivity contribution in [2.45, 2.75) is 5.78 Å². The molecule has 3 nitrogen and oxygen atoms in total. The fourth-order valence-electron chi connectivity index (χ4n) is 3.76. The summed E-state index contributed by atoms with van der Waals surface area (Å²) in [6.07, 6.45) is 1.84. The Balaban J connectivity index is 1.85. The van der Waals surface area contributed by atoms with Crippen molar-refractivity contribution in [2.24, 2.45) is 4.99 Å². The lowest BCUT2D eigenvalue weighted by molar-refractivity contribution is 0.579. The molecule has 0 saturated heterocycles. The van der Waals surface area contributed by atoms with Crippen LogP contribution in [0.5, 0.6) is 0 Å². The number of rotatable bonds is 7. The van der Waals surface area contributed by atoms with Crippen molar-refractivity contribution in [3.63, 3.8) is 0 Å². The predicted molar refractivity (Wildman–Crippen MR) is 137 cm³/mol. The third kappa shape index (κ3) is 4.59. The molecule has 160 valence electrons. The van der Waals surface area contributed by atoms with E-state index in [1.54, 1.807) is 0 Å². The highest BCUT2D eigenvalue weighted by Gasteiger charge is 2.37. The van der Waals surface area contributed by atoms with Gasteiger partial charge in [0.25, 0.3) is 0 Å². The van der Waals surface area contributed by atoms with Gasteiger partial charge in [0.2, 0.25) is 0 Å². The maximum absolute atomic E-state index is 15.0. The van der Waals surface area contributed by atoms with Crippen LogP contribution in [0.4, 0.5) is 5.69 Å². The van der Waals surface area contributed by atoms with E-state index in [-0.39, 0.29) is 0 Å². The molecule has 0 radical (unpaired) electrons. The van der Waals surface area contributed by atoms with Crippen LogP contribution in [-0.2, 0) is 4.57 Å². The van der Waals surface area contributed by atoms with Crippen LogP contribution in [0.25, 0.3) is 0 Å². The molecule has 0 aromatic heterocycles. The van der Waals surface area contributed by atoms with Crippen LogP contribution in [0, 0.1) is 0 Å². The van der Waals surface area contributed by atoms with Gasteiger partial charge in [0.15, 0.2) is 7.14 Å². The van der Waals surface area contributed by atoms with E-state index < -0.39 is 12.9 Å². The van der Waals surface area contributed by atoms with Gasteiger partial charge >= 0.3 is 0 Å². The van der Waals surface area contributed by atoms with Crippen molar-refractivity contribution in [1.29, 1.82) is 0 Å². The Morgan fingerprint density at radius 2 is 1.16 bits per heavy atom. The van der Waals surface area contributed by atoms with E-state index >= 15 is 0 Å². The highest BCUT2D eigenvalue weighted by molar-refractivity contribution is 7.79. The van der Waals surface area contributed by atoms with E-state index in [1.807, 2.05) is 123 Å². The lowest BCUT2D eigenvalue weighted by atomic mass is 10.2. The molecule has 0 N–H and O–H groups in total. The van der Waals surface area contributed by atoms with E-state index in [4.69, 9.17) is 4.99 Å². The molecule has 4 rings (SSSR count). The number of hydrogen-bond acceptors (Lipinski definition) is 3. The molecule has 0 aliphatic rings. The molecular formula is C28H27N2OP. The molecule has 0 bridgehead atoms. The van der Waals surface area contributed by atoms with Gasteiger partial charge in [-0.2, -0.15) is 0 Å². The van der Waals surface area contributed by atoms with Gasteiger partial charge in [-0.15, -0.1) is 0 Å². The highest BCUT2D eigenvalue weighted by Crippen LogP contribution is 2.57. The van der Waals surface area contributed by atoms with Gasteiger partial charge in [-0.25, -0.2) is 0 Å². The Hall–Kier alpha value is -3.42. The van der Waals surface area contributed by atoms with Crippen molar-refractivity contribution < 1.29 is 4.57 Å². The minimum Gasteiger partial charge on any atom is -0.378 e. The average Bonchev–Trinajstić information content (AvgIpc) is 2.86. The number of benzene rings is 4. The van der Waals surface area contributed by atoms with E-state index in [2.05, 4.69) is 17.0 Å². The van der Waals surface area contributed by atoms with E-state index in [0.717, 1.165) is 27.4 Å². The zero-order valence-electron chi connectivity index (χ0n) is 18.4. The monoisotopic (exact) mass is 438 g/mol. The van der Waals surface area contributed by atoms with Crippen LogP contribution in [0.15, 0.2) is 120 Å². The predicted octanol–water partition coefficient (Wildman–Crippen LogP) is 5.88. The van der Waals surface area contributed by atoms with Gasteiger partial charge in [-0.3, -0.25) is 4.99 Å². The number of nitrogens with zero attached hydrogens (tertiary/aromatic N) is 2. The van der Waals surface area contributed by atoms with E-state index in [1.165, 1.54) is 0 Å². The molecule has 4 heteroatoms. The van der Waals surface area contributed by atoms with Crippen LogP contribution in [0.2, 0.25) is 0 Å². The molecule has 0 aliphatic heterocycles. The molecule has 0 spiro atoms. The first-order valence-corrected chi connectivity index (χ1v) is 12.4. The smallest absolute Gasteiger partial charge is 0.170 e. The summed E-state index contributed by atoms with van der Waals surface area (Å²) < 4.78 is 15.0. The summed E-state index contributed by atoms with van der Waals surface area (Å²) in [6, 6.07) is 37.6. The van der Waals surface area contributed by atoms with Gasteiger partial charge in [-0.1, -0.05) is 103 Å². The van der Waals surface area contributed by atoms with E-state index in [0.29, 0.717) is 0 Å². The van der Waals surface area contributed by atoms with Gasteiger partial charge in [-0.05, 0) is 23.3 Å². The Kier molecular flexibility index (Phi) is 6.68. The second-order valence-corrected chi connectivity index (χ2v) is 10.7. The molecule has 32 heavy (non-hydrogen) atoms. The Bertz CT molecular complexity index is 1160. The first-order valence-electron chi connectivity index (χ1n) is 10.7.